The third-order valence-electron chi connectivity index (χ3n) is 4.35. The highest BCUT2D eigenvalue weighted by atomic mass is 16.5. The molecule has 0 N–H and O–H groups in total. The van der Waals surface area contributed by atoms with Crippen LogP contribution in [-0.2, 0) is 11.3 Å². The van der Waals surface area contributed by atoms with Crippen LogP contribution in [0.4, 0.5) is 0 Å². The summed E-state index contributed by atoms with van der Waals surface area (Å²) >= 11 is 0. The minimum Gasteiger partial charge on any atom is -0.465 e. The van der Waals surface area contributed by atoms with Crippen LogP contribution < -0.4 is 0 Å². The zero-order valence-corrected chi connectivity index (χ0v) is 15.7. The summed E-state index contributed by atoms with van der Waals surface area (Å²) in [5.74, 6) is 0.336. The van der Waals surface area contributed by atoms with Gasteiger partial charge in [0, 0.05) is 7.05 Å². The lowest BCUT2D eigenvalue weighted by atomic mass is 10.2. The molecule has 2 heterocycles. The molecular formula is C20H21N3O4. The molecule has 3 rings (SSSR count). The van der Waals surface area contributed by atoms with Crippen LogP contribution in [0.15, 0.2) is 47.0 Å². The standard InChI is InChI=1S/C20H21N3O4/c1-13-18(11-21-23(13)15-8-6-5-7-9-15)19(24)22(3)12-16-10-17(14(2)27-16)20(25)26-4/h5-11H,12H2,1-4H3. The Morgan fingerprint density at radius 3 is 2.56 bits per heavy atom. The van der Waals surface area contributed by atoms with Gasteiger partial charge in [-0.1, -0.05) is 18.2 Å². The Morgan fingerprint density at radius 2 is 1.89 bits per heavy atom. The summed E-state index contributed by atoms with van der Waals surface area (Å²) in [6.07, 6.45) is 1.56. The van der Waals surface area contributed by atoms with E-state index in [1.54, 1.807) is 30.9 Å². The summed E-state index contributed by atoms with van der Waals surface area (Å²) in [5, 5.41) is 4.33. The van der Waals surface area contributed by atoms with E-state index < -0.39 is 5.97 Å². The van der Waals surface area contributed by atoms with Crippen LogP contribution in [0.1, 0.15) is 37.9 Å². The monoisotopic (exact) mass is 367 g/mol. The highest BCUT2D eigenvalue weighted by molar-refractivity contribution is 5.95. The highest BCUT2D eigenvalue weighted by Crippen LogP contribution is 2.19. The summed E-state index contributed by atoms with van der Waals surface area (Å²) < 4.78 is 12.0. The molecule has 7 heteroatoms. The van der Waals surface area contributed by atoms with Crippen LogP contribution in [-0.4, -0.2) is 40.7 Å². The molecule has 0 atom stereocenters. The predicted molar refractivity (Wildman–Crippen MR) is 98.9 cm³/mol. The number of carbonyl (C=O) groups excluding carboxylic acids is 2. The fraction of sp³-hybridized carbons (Fsp3) is 0.250. The van der Waals surface area contributed by atoms with Gasteiger partial charge < -0.3 is 14.1 Å². The Kier molecular flexibility index (Phi) is 5.12. The molecule has 0 saturated carbocycles. The van der Waals surface area contributed by atoms with E-state index in [1.807, 2.05) is 37.3 Å². The average Bonchev–Trinajstić information content (AvgIpc) is 3.23. The van der Waals surface area contributed by atoms with Crippen molar-refractivity contribution in [3.63, 3.8) is 0 Å². The second-order valence-corrected chi connectivity index (χ2v) is 6.23. The Morgan fingerprint density at radius 1 is 1.19 bits per heavy atom. The number of para-hydroxylation sites is 1. The number of hydrogen-bond acceptors (Lipinski definition) is 5. The lowest BCUT2D eigenvalue weighted by Gasteiger charge is -2.15. The molecule has 0 unspecified atom stereocenters. The summed E-state index contributed by atoms with van der Waals surface area (Å²) in [5.41, 5.74) is 2.52. The van der Waals surface area contributed by atoms with E-state index >= 15 is 0 Å². The fourth-order valence-electron chi connectivity index (χ4n) is 2.89. The number of furan rings is 1. The first-order valence-electron chi connectivity index (χ1n) is 8.45. The van der Waals surface area contributed by atoms with Crippen molar-refractivity contribution < 1.29 is 18.7 Å². The number of amides is 1. The number of ether oxygens (including phenoxy) is 1. The minimum atomic E-state index is -0.462. The van der Waals surface area contributed by atoms with E-state index in [1.165, 1.54) is 12.0 Å². The summed E-state index contributed by atoms with van der Waals surface area (Å²) in [7, 11) is 2.99. The molecule has 3 aromatic rings. The quantitative estimate of drug-likeness (QED) is 0.648. The van der Waals surface area contributed by atoms with Gasteiger partial charge in [0.1, 0.15) is 17.1 Å². The minimum absolute atomic E-state index is 0.177. The van der Waals surface area contributed by atoms with Gasteiger partial charge in [0.2, 0.25) is 0 Å². The van der Waals surface area contributed by atoms with Gasteiger partial charge in [0.15, 0.2) is 0 Å². The molecule has 0 spiro atoms. The van der Waals surface area contributed by atoms with Crippen molar-refractivity contribution >= 4 is 11.9 Å². The second kappa shape index (κ2) is 7.49. The summed E-state index contributed by atoms with van der Waals surface area (Å²) in [4.78, 5) is 26.1. The van der Waals surface area contributed by atoms with Gasteiger partial charge in [-0.05, 0) is 32.0 Å². The van der Waals surface area contributed by atoms with Crippen LogP contribution >= 0.6 is 0 Å². The molecule has 140 valence electrons. The average molecular weight is 367 g/mol. The van der Waals surface area contributed by atoms with Crippen molar-refractivity contribution in [3.8, 4) is 5.69 Å². The third kappa shape index (κ3) is 3.62. The molecule has 0 radical (unpaired) electrons. The van der Waals surface area contributed by atoms with Crippen molar-refractivity contribution in [2.45, 2.75) is 20.4 Å². The van der Waals surface area contributed by atoms with Crippen molar-refractivity contribution in [1.82, 2.24) is 14.7 Å². The SMILES string of the molecule is COC(=O)c1cc(CN(C)C(=O)c2cnn(-c3ccccc3)c2C)oc1C. The molecule has 27 heavy (non-hydrogen) atoms. The fourth-order valence-corrected chi connectivity index (χ4v) is 2.89. The van der Waals surface area contributed by atoms with Crippen LogP contribution in [0.3, 0.4) is 0 Å². The zero-order chi connectivity index (χ0) is 19.6. The van der Waals surface area contributed by atoms with Crippen LogP contribution in [0.2, 0.25) is 0 Å². The van der Waals surface area contributed by atoms with Crippen LogP contribution in [0, 0.1) is 13.8 Å². The maximum Gasteiger partial charge on any atom is 0.341 e. The number of benzene rings is 1. The first-order chi connectivity index (χ1) is 12.9. The number of aryl methyl sites for hydroxylation is 1. The summed E-state index contributed by atoms with van der Waals surface area (Å²) in [6, 6.07) is 11.2. The number of nitrogens with zero attached hydrogens (tertiary/aromatic N) is 3. The molecule has 0 aliphatic heterocycles. The molecule has 0 bridgehead atoms. The lowest BCUT2D eigenvalue weighted by Crippen LogP contribution is -2.26. The molecule has 2 aromatic heterocycles. The number of carbonyl (C=O) groups is 2. The molecule has 0 saturated heterocycles. The maximum atomic E-state index is 12.8. The van der Waals surface area contributed by atoms with Crippen molar-refractivity contribution in [2.75, 3.05) is 14.2 Å². The number of esters is 1. The Bertz CT molecular complexity index is 973. The largest absolute Gasteiger partial charge is 0.465 e. The highest BCUT2D eigenvalue weighted by Gasteiger charge is 2.21. The van der Waals surface area contributed by atoms with Gasteiger partial charge in [0.25, 0.3) is 5.91 Å². The third-order valence-corrected chi connectivity index (χ3v) is 4.35. The smallest absolute Gasteiger partial charge is 0.341 e. The van der Waals surface area contributed by atoms with Gasteiger partial charge >= 0.3 is 5.97 Å². The van der Waals surface area contributed by atoms with Crippen molar-refractivity contribution in [1.29, 1.82) is 0 Å². The van der Waals surface area contributed by atoms with Gasteiger partial charge in [-0.15, -0.1) is 0 Å². The Labute approximate surface area is 157 Å². The zero-order valence-electron chi connectivity index (χ0n) is 15.7. The maximum absolute atomic E-state index is 12.8. The molecule has 0 aliphatic rings. The topological polar surface area (TPSA) is 77.6 Å². The number of rotatable bonds is 5. The molecule has 7 nitrogen and oxygen atoms in total. The molecule has 0 aliphatic carbocycles. The summed E-state index contributed by atoms with van der Waals surface area (Å²) in [6.45, 7) is 3.77. The van der Waals surface area contributed by atoms with Gasteiger partial charge in [-0.2, -0.15) is 5.10 Å². The van der Waals surface area contributed by atoms with E-state index in [0.717, 1.165) is 11.4 Å². The van der Waals surface area contributed by atoms with Gasteiger partial charge in [-0.3, -0.25) is 4.79 Å². The van der Waals surface area contributed by atoms with E-state index in [2.05, 4.69) is 5.10 Å². The van der Waals surface area contributed by atoms with Gasteiger partial charge in [0.05, 0.1) is 36.8 Å². The molecule has 1 aromatic carbocycles. The van der Waals surface area contributed by atoms with Crippen molar-refractivity contribution in [2.24, 2.45) is 0 Å². The van der Waals surface area contributed by atoms with E-state index in [0.29, 0.717) is 22.6 Å². The van der Waals surface area contributed by atoms with Crippen LogP contribution in [0.5, 0.6) is 0 Å². The molecular weight excluding hydrogens is 346 g/mol. The van der Waals surface area contributed by atoms with E-state index in [4.69, 9.17) is 9.15 Å². The predicted octanol–water partition coefficient (Wildman–Crippen LogP) is 3.14. The lowest BCUT2D eigenvalue weighted by molar-refractivity contribution is 0.0598. The van der Waals surface area contributed by atoms with Crippen molar-refractivity contribution in [3.05, 3.63) is 70.9 Å². The molecule has 0 fully saturated rings. The second-order valence-electron chi connectivity index (χ2n) is 6.23. The van der Waals surface area contributed by atoms with E-state index in [-0.39, 0.29) is 12.5 Å². The first-order valence-corrected chi connectivity index (χ1v) is 8.45. The first kappa shape index (κ1) is 18.4. The number of aromatic nitrogens is 2. The van der Waals surface area contributed by atoms with Crippen LogP contribution in [0.25, 0.3) is 5.69 Å². The molecule has 1 amide bonds. The number of methoxy groups -OCH3 is 1. The van der Waals surface area contributed by atoms with Gasteiger partial charge in [-0.25, -0.2) is 9.48 Å². The number of hydrogen-bond donors (Lipinski definition) is 0. The Hall–Kier alpha value is -3.35. The van der Waals surface area contributed by atoms with E-state index in [9.17, 15) is 9.59 Å². The Balaban J connectivity index is 1.79. The normalized spacial score (nSPS) is 10.7.